The number of carbonyl (C=O) groups excluding carboxylic acids is 1. The zero-order chi connectivity index (χ0) is 14.5. The van der Waals surface area contributed by atoms with E-state index in [-0.39, 0.29) is 36.5 Å². The highest BCUT2D eigenvalue weighted by atomic mass is 35.5. The number of hydrogen-bond acceptors (Lipinski definition) is 3. The molecule has 1 saturated heterocycles. The summed E-state index contributed by atoms with van der Waals surface area (Å²) in [5.41, 5.74) is 6.27. The smallest absolute Gasteiger partial charge is 0.387 e. The summed E-state index contributed by atoms with van der Waals surface area (Å²) in [6.07, 6.45) is 1.62. The van der Waals surface area contributed by atoms with Crippen LogP contribution in [0.3, 0.4) is 0 Å². The van der Waals surface area contributed by atoms with Gasteiger partial charge in [0, 0.05) is 24.7 Å². The fourth-order valence-corrected chi connectivity index (χ4v) is 2.28. The van der Waals surface area contributed by atoms with Crippen molar-refractivity contribution in [3.05, 3.63) is 29.8 Å². The first kappa shape index (κ1) is 17.7. The van der Waals surface area contributed by atoms with Crippen molar-refractivity contribution in [2.75, 3.05) is 13.1 Å². The Morgan fingerprint density at radius 2 is 1.95 bits per heavy atom. The first-order valence-corrected chi connectivity index (χ1v) is 6.62. The van der Waals surface area contributed by atoms with Crippen molar-refractivity contribution in [1.82, 2.24) is 4.90 Å². The molecule has 1 aromatic rings. The molecule has 2 rings (SSSR count). The Balaban J connectivity index is 0.00000220. The molecule has 1 aliphatic heterocycles. The lowest BCUT2D eigenvalue weighted by atomic mass is 10.0. The minimum absolute atomic E-state index is 0. The van der Waals surface area contributed by atoms with Crippen molar-refractivity contribution in [1.29, 1.82) is 0 Å². The Labute approximate surface area is 128 Å². The lowest BCUT2D eigenvalue weighted by molar-refractivity contribution is -0.131. The average molecular weight is 321 g/mol. The molecule has 0 bridgehead atoms. The van der Waals surface area contributed by atoms with Crippen molar-refractivity contribution in [3.8, 4) is 5.75 Å². The molecule has 1 aromatic carbocycles. The van der Waals surface area contributed by atoms with Crippen LogP contribution in [-0.4, -0.2) is 36.5 Å². The minimum Gasteiger partial charge on any atom is -0.435 e. The standard InChI is InChI=1S/C14H18F2N2O2.ClH/c15-14(16)20-12-4-2-1-3-10(12)9-13(19)18-7-5-11(17)6-8-18;/h1-4,11,14H,5-9,17H2;1H. The number of carbonyl (C=O) groups is 1. The Morgan fingerprint density at radius 3 is 2.57 bits per heavy atom. The molecule has 0 spiro atoms. The highest BCUT2D eigenvalue weighted by Gasteiger charge is 2.21. The zero-order valence-electron chi connectivity index (χ0n) is 11.5. The molecule has 2 N–H and O–H groups in total. The molecule has 1 aliphatic rings. The third kappa shape index (κ3) is 5.13. The number of alkyl halides is 2. The van der Waals surface area contributed by atoms with E-state index in [1.165, 1.54) is 6.07 Å². The molecular weight excluding hydrogens is 302 g/mol. The Kier molecular flexibility index (Phi) is 6.84. The first-order chi connectivity index (χ1) is 9.56. The molecule has 0 aromatic heterocycles. The van der Waals surface area contributed by atoms with Crippen LogP contribution in [0.15, 0.2) is 24.3 Å². The summed E-state index contributed by atoms with van der Waals surface area (Å²) in [4.78, 5) is 13.9. The summed E-state index contributed by atoms with van der Waals surface area (Å²) in [6.45, 7) is -1.64. The van der Waals surface area contributed by atoms with E-state index < -0.39 is 6.61 Å². The highest BCUT2D eigenvalue weighted by molar-refractivity contribution is 5.85. The van der Waals surface area contributed by atoms with Crippen LogP contribution >= 0.6 is 12.4 Å². The third-order valence-electron chi connectivity index (χ3n) is 3.42. The van der Waals surface area contributed by atoms with Crippen molar-refractivity contribution >= 4 is 18.3 Å². The van der Waals surface area contributed by atoms with Crippen LogP contribution in [0, 0.1) is 0 Å². The second kappa shape index (κ2) is 8.14. The van der Waals surface area contributed by atoms with E-state index in [0.717, 1.165) is 12.8 Å². The van der Waals surface area contributed by atoms with Gasteiger partial charge in [-0.05, 0) is 18.9 Å². The molecule has 4 nitrogen and oxygen atoms in total. The molecule has 7 heteroatoms. The van der Waals surface area contributed by atoms with E-state index in [4.69, 9.17) is 5.73 Å². The molecule has 1 heterocycles. The Morgan fingerprint density at radius 1 is 1.33 bits per heavy atom. The summed E-state index contributed by atoms with van der Waals surface area (Å²) in [7, 11) is 0. The summed E-state index contributed by atoms with van der Waals surface area (Å²) in [5, 5.41) is 0. The molecule has 0 unspecified atom stereocenters. The van der Waals surface area contributed by atoms with Gasteiger partial charge in [-0.1, -0.05) is 18.2 Å². The van der Waals surface area contributed by atoms with Crippen LogP contribution in [0.25, 0.3) is 0 Å². The highest BCUT2D eigenvalue weighted by Crippen LogP contribution is 2.22. The molecule has 0 aliphatic carbocycles. The number of halogens is 3. The van der Waals surface area contributed by atoms with Crippen LogP contribution in [0.5, 0.6) is 5.75 Å². The van der Waals surface area contributed by atoms with Gasteiger partial charge in [0.1, 0.15) is 5.75 Å². The normalized spacial score (nSPS) is 15.7. The monoisotopic (exact) mass is 320 g/mol. The molecule has 0 radical (unpaired) electrons. The van der Waals surface area contributed by atoms with E-state index >= 15 is 0 Å². The minimum atomic E-state index is -2.89. The predicted octanol–water partition coefficient (Wildman–Crippen LogP) is 2.20. The number of amides is 1. The van der Waals surface area contributed by atoms with E-state index in [2.05, 4.69) is 4.74 Å². The van der Waals surface area contributed by atoms with E-state index in [1.807, 2.05) is 0 Å². The largest absolute Gasteiger partial charge is 0.435 e. The number of likely N-dealkylation sites (tertiary alicyclic amines) is 1. The summed E-state index contributed by atoms with van der Waals surface area (Å²) in [5.74, 6) is -0.0215. The molecule has 118 valence electrons. The lowest BCUT2D eigenvalue weighted by Gasteiger charge is -2.30. The maximum Gasteiger partial charge on any atom is 0.387 e. The second-order valence-corrected chi connectivity index (χ2v) is 4.88. The van der Waals surface area contributed by atoms with Gasteiger partial charge in [0.05, 0.1) is 6.42 Å². The number of piperidine rings is 1. The van der Waals surface area contributed by atoms with Gasteiger partial charge in [-0.3, -0.25) is 4.79 Å². The molecule has 1 fully saturated rings. The van der Waals surface area contributed by atoms with Crippen molar-refractivity contribution in [2.45, 2.75) is 31.9 Å². The van der Waals surface area contributed by atoms with Gasteiger partial charge in [-0.25, -0.2) is 0 Å². The number of hydrogen-bond donors (Lipinski definition) is 1. The molecule has 21 heavy (non-hydrogen) atoms. The average Bonchev–Trinajstić information content (AvgIpc) is 2.41. The van der Waals surface area contributed by atoms with Crippen LogP contribution in [-0.2, 0) is 11.2 Å². The Hall–Kier alpha value is -1.40. The van der Waals surface area contributed by atoms with E-state index in [9.17, 15) is 13.6 Å². The number of para-hydroxylation sites is 1. The first-order valence-electron chi connectivity index (χ1n) is 6.62. The van der Waals surface area contributed by atoms with Gasteiger partial charge in [0.15, 0.2) is 0 Å². The second-order valence-electron chi connectivity index (χ2n) is 4.88. The number of nitrogens with zero attached hydrogens (tertiary/aromatic N) is 1. The van der Waals surface area contributed by atoms with Gasteiger partial charge < -0.3 is 15.4 Å². The van der Waals surface area contributed by atoms with Crippen molar-refractivity contribution < 1.29 is 18.3 Å². The van der Waals surface area contributed by atoms with E-state index in [0.29, 0.717) is 18.7 Å². The van der Waals surface area contributed by atoms with Crippen molar-refractivity contribution in [2.24, 2.45) is 5.73 Å². The number of nitrogens with two attached hydrogens (primary N) is 1. The van der Waals surface area contributed by atoms with E-state index in [1.54, 1.807) is 23.1 Å². The fraction of sp³-hybridized carbons (Fsp3) is 0.500. The molecule has 1 amide bonds. The van der Waals surface area contributed by atoms with Crippen LogP contribution < -0.4 is 10.5 Å². The SMILES string of the molecule is Cl.NC1CCN(C(=O)Cc2ccccc2OC(F)F)CC1. The molecular formula is C14H19ClF2N2O2. The third-order valence-corrected chi connectivity index (χ3v) is 3.42. The van der Waals surface area contributed by atoms with Gasteiger partial charge in [-0.15, -0.1) is 12.4 Å². The predicted molar refractivity (Wildman–Crippen MR) is 77.8 cm³/mol. The number of rotatable bonds is 4. The zero-order valence-corrected chi connectivity index (χ0v) is 12.3. The summed E-state index contributed by atoms with van der Waals surface area (Å²) in [6, 6.07) is 6.53. The molecule has 0 saturated carbocycles. The molecule has 0 atom stereocenters. The van der Waals surface area contributed by atoms with Gasteiger partial charge in [-0.2, -0.15) is 8.78 Å². The topological polar surface area (TPSA) is 55.6 Å². The van der Waals surface area contributed by atoms with Crippen molar-refractivity contribution in [3.63, 3.8) is 0 Å². The van der Waals surface area contributed by atoms with Crippen LogP contribution in [0.4, 0.5) is 8.78 Å². The maximum atomic E-state index is 12.3. The van der Waals surface area contributed by atoms with Gasteiger partial charge in [0.2, 0.25) is 5.91 Å². The number of ether oxygens (including phenoxy) is 1. The number of benzene rings is 1. The van der Waals surface area contributed by atoms with Crippen LogP contribution in [0.1, 0.15) is 18.4 Å². The summed E-state index contributed by atoms with van der Waals surface area (Å²) < 4.78 is 29.0. The summed E-state index contributed by atoms with van der Waals surface area (Å²) >= 11 is 0. The van der Waals surface area contributed by atoms with Gasteiger partial charge in [0.25, 0.3) is 0 Å². The lowest BCUT2D eigenvalue weighted by Crippen LogP contribution is -2.43. The van der Waals surface area contributed by atoms with Crippen LogP contribution in [0.2, 0.25) is 0 Å². The quantitative estimate of drug-likeness (QED) is 0.925. The Bertz CT molecular complexity index is 466. The van der Waals surface area contributed by atoms with Gasteiger partial charge >= 0.3 is 6.61 Å². The maximum absolute atomic E-state index is 12.3. The fourth-order valence-electron chi connectivity index (χ4n) is 2.28.